The molecule has 1 aromatic heterocycles. The summed E-state index contributed by atoms with van der Waals surface area (Å²) in [5.41, 5.74) is 1.27. The first-order chi connectivity index (χ1) is 7.53. The van der Waals surface area contributed by atoms with Crippen molar-refractivity contribution in [3.63, 3.8) is 0 Å². The summed E-state index contributed by atoms with van der Waals surface area (Å²) < 4.78 is 1.72. The number of hydrogen-bond donors (Lipinski definition) is 1. The fourth-order valence-electron chi connectivity index (χ4n) is 1.64. The van der Waals surface area contributed by atoms with Gasteiger partial charge in [-0.1, -0.05) is 19.1 Å². The monoisotopic (exact) mass is 244 g/mol. The SMILES string of the molecule is Cn1cc(CNCC(C)(C)CCCCl)nn1. The molecule has 0 aliphatic rings. The van der Waals surface area contributed by atoms with Gasteiger partial charge in [0, 0.05) is 32.2 Å². The largest absolute Gasteiger partial charge is 0.311 e. The lowest BCUT2D eigenvalue weighted by Crippen LogP contribution is -2.29. The molecule has 5 heteroatoms. The Labute approximate surface area is 102 Å². The van der Waals surface area contributed by atoms with Crippen molar-refractivity contribution in [2.24, 2.45) is 12.5 Å². The molecule has 0 aliphatic heterocycles. The summed E-state index contributed by atoms with van der Waals surface area (Å²) in [6.45, 7) is 6.26. The second-order valence-corrected chi connectivity index (χ2v) is 5.32. The van der Waals surface area contributed by atoms with Gasteiger partial charge < -0.3 is 5.32 Å². The molecular weight excluding hydrogens is 224 g/mol. The van der Waals surface area contributed by atoms with Crippen LogP contribution in [0.2, 0.25) is 0 Å². The standard InChI is InChI=1S/C11H21ClN4/c1-11(2,5-4-6-12)9-13-7-10-8-16(3)15-14-10/h8,13H,4-7,9H2,1-3H3. The normalized spacial score (nSPS) is 12.0. The first-order valence-electron chi connectivity index (χ1n) is 5.65. The van der Waals surface area contributed by atoms with E-state index in [-0.39, 0.29) is 5.41 Å². The van der Waals surface area contributed by atoms with Gasteiger partial charge in [-0.25, -0.2) is 0 Å². The molecule has 0 amide bonds. The third-order valence-electron chi connectivity index (χ3n) is 2.55. The van der Waals surface area contributed by atoms with Crippen molar-refractivity contribution in [3.05, 3.63) is 11.9 Å². The minimum absolute atomic E-state index is 0.289. The van der Waals surface area contributed by atoms with Gasteiger partial charge in [-0.15, -0.1) is 16.7 Å². The lowest BCUT2D eigenvalue weighted by Gasteiger charge is -2.24. The second-order valence-electron chi connectivity index (χ2n) is 4.94. The quantitative estimate of drug-likeness (QED) is 0.746. The fourth-order valence-corrected chi connectivity index (χ4v) is 1.77. The maximum atomic E-state index is 5.70. The fraction of sp³-hybridized carbons (Fsp3) is 0.818. The zero-order valence-electron chi connectivity index (χ0n) is 10.3. The second kappa shape index (κ2) is 6.21. The number of aryl methyl sites for hydroxylation is 1. The van der Waals surface area contributed by atoms with Crippen LogP contribution in [-0.4, -0.2) is 27.4 Å². The minimum Gasteiger partial charge on any atom is -0.311 e. The van der Waals surface area contributed by atoms with Crippen molar-refractivity contribution >= 4 is 11.6 Å². The summed E-state index contributed by atoms with van der Waals surface area (Å²) in [6.07, 6.45) is 4.14. The molecular formula is C11H21ClN4. The summed E-state index contributed by atoms with van der Waals surface area (Å²) in [5.74, 6) is 0.744. The van der Waals surface area contributed by atoms with Crippen LogP contribution in [0.1, 0.15) is 32.4 Å². The molecule has 0 bridgehead atoms. The van der Waals surface area contributed by atoms with Gasteiger partial charge in [0.2, 0.25) is 0 Å². The maximum absolute atomic E-state index is 5.70. The van der Waals surface area contributed by atoms with E-state index < -0.39 is 0 Å². The van der Waals surface area contributed by atoms with E-state index in [1.165, 1.54) is 0 Å². The van der Waals surface area contributed by atoms with E-state index in [9.17, 15) is 0 Å². The highest BCUT2D eigenvalue weighted by Gasteiger charge is 2.16. The smallest absolute Gasteiger partial charge is 0.0964 e. The third-order valence-corrected chi connectivity index (χ3v) is 2.81. The minimum atomic E-state index is 0.289. The zero-order chi connectivity index (χ0) is 12.0. The molecule has 0 saturated carbocycles. The average Bonchev–Trinajstić information content (AvgIpc) is 2.61. The van der Waals surface area contributed by atoms with Crippen molar-refractivity contribution in [3.8, 4) is 0 Å². The van der Waals surface area contributed by atoms with Crippen LogP contribution in [0.15, 0.2) is 6.20 Å². The Hall–Kier alpha value is -0.610. The van der Waals surface area contributed by atoms with E-state index in [0.29, 0.717) is 0 Å². The van der Waals surface area contributed by atoms with Gasteiger partial charge in [-0.2, -0.15) is 0 Å². The molecule has 0 spiro atoms. The van der Waals surface area contributed by atoms with Gasteiger partial charge in [0.05, 0.1) is 5.69 Å². The van der Waals surface area contributed by atoms with Crippen LogP contribution < -0.4 is 5.32 Å². The van der Waals surface area contributed by atoms with E-state index in [0.717, 1.165) is 37.5 Å². The Kier molecular flexibility index (Phi) is 5.22. The van der Waals surface area contributed by atoms with E-state index in [2.05, 4.69) is 29.5 Å². The lowest BCUT2D eigenvalue weighted by atomic mass is 9.88. The number of halogens is 1. The van der Waals surface area contributed by atoms with Gasteiger partial charge in [0.1, 0.15) is 0 Å². The van der Waals surface area contributed by atoms with Crippen molar-refractivity contribution < 1.29 is 0 Å². The molecule has 4 nitrogen and oxygen atoms in total. The molecule has 0 aromatic carbocycles. The number of nitrogens with one attached hydrogen (secondary N) is 1. The summed E-state index contributed by atoms with van der Waals surface area (Å²) in [5, 5.41) is 11.3. The molecule has 92 valence electrons. The molecule has 16 heavy (non-hydrogen) atoms. The topological polar surface area (TPSA) is 42.7 Å². The van der Waals surface area contributed by atoms with Gasteiger partial charge in [-0.3, -0.25) is 4.68 Å². The van der Waals surface area contributed by atoms with Crippen LogP contribution in [0.4, 0.5) is 0 Å². The van der Waals surface area contributed by atoms with Crippen LogP contribution in [0, 0.1) is 5.41 Å². The van der Waals surface area contributed by atoms with E-state index in [4.69, 9.17) is 11.6 Å². The number of alkyl halides is 1. The van der Waals surface area contributed by atoms with Gasteiger partial charge >= 0.3 is 0 Å². The third kappa shape index (κ3) is 4.94. The highest BCUT2D eigenvalue weighted by atomic mass is 35.5. The number of aromatic nitrogens is 3. The first-order valence-corrected chi connectivity index (χ1v) is 6.19. The number of rotatable bonds is 7. The lowest BCUT2D eigenvalue weighted by molar-refractivity contribution is 0.310. The Morgan fingerprint density at radius 1 is 1.50 bits per heavy atom. The van der Waals surface area contributed by atoms with Gasteiger partial charge in [0.25, 0.3) is 0 Å². The van der Waals surface area contributed by atoms with Crippen molar-refractivity contribution in [2.75, 3.05) is 12.4 Å². The molecule has 0 radical (unpaired) electrons. The number of nitrogens with zero attached hydrogens (tertiary/aromatic N) is 3. The molecule has 0 aliphatic carbocycles. The Balaban J connectivity index is 2.24. The molecule has 1 N–H and O–H groups in total. The predicted molar refractivity (Wildman–Crippen MR) is 66.4 cm³/mol. The summed E-state index contributed by atoms with van der Waals surface area (Å²) >= 11 is 5.70. The van der Waals surface area contributed by atoms with Crippen molar-refractivity contribution in [2.45, 2.75) is 33.2 Å². The highest BCUT2D eigenvalue weighted by Crippen LogP contribution is 2.21. The van der Waals surface area contributed by atoms with Gasteiger partial charge in [-0.05, 0) is 18.3 Å². The van der Waals surface area contributed by atoms with E-state index in [1.54, 1.807) is 4.68 Å². The molecule has 0 fully saturated rings. The molecule has 0 unspecified atom stereocenters. The molecule has 0 atom stereocenters. The van der Waals surface area contributed by atoms with Crippen molar-refractivity contribution in [1.29, 1.82) is 0 Å². The van der Waals surface area contributed by atoms with Crippen molar-refractivity contribution in [1.82, 2.24) is 20.3 Å². The summed E-state index contributed by atoms with van der Waals surface area (Å²) in [4.78, 5) is 0. The molecule has 1 rings (SSSR count). The Bertz CT molecular complexity index is 309. The van der Waals surface area contributed by atoms with Crippen LogP contribution in [-0.2, 0) is 13.6 Å². The van der Waals surface area contributed by atoms with Crippen LogP contribution in [0.25, 0.3) is 0 Å². The Morgan fingerprint density at radius 3 is 2.81 bits per heavy atom. The van der Waals surface area contributed by atoms with E-state index >= 15 is 0 Å². The zero-order valence-corrected chi connectivity index (χ0v) is 11.1. The van der Waals surface area contributed by atoms with Crippen LogP contribution in [0.3, 0.4) is 0 Å². The predicted octanol–water partition coefficient (Wildman–Crippen LogP) is 1.95. The summed E-state index contributed by atoms with van der Waals surface area (Å²) in [6, 6.07) is 0. The van der Waals surface area contributed by atoms with Gasteiger partial charge in [0.15, 0.2) is 0 Å². The van der Waals surface area contributed by atoms with E-state index in [1.807, 2.05) is 13.2 Å². The molecule has 1 aromatic rings. The highest BCUT2D eigenvalue weighted by molar-refractivity contribution is 6.17. The first kappa shape index (κ1) is 13.5. The average molecular weight is 245 g/mol. The summed E-state index contributed by atoms with van der Waals surface area (Å²) in [7, 11) is 1.88. The maximum Gasteiger partial charge on any atom is 0.0964 e. The molecule has 1 heterocycles. The van der Waals surface area contributed by atoms with Crippen LogP contribution >= 0.6 is 11.6 Å². The molecule has 0 saturated heterocycles. The Morgan fingerprint density at radius 2 is 2.25 bits per heavy atom. The number of hydrogen-bond acceptors (Lipinski definition) is 3. The van der Waals surface area contributed by atoms with Crippen LogP contribution in [0.5, 0.6) is 0 Å².